The molecule has 2 aromatic heterocycles. The monoisotopic (exact) mass is 420 g/mol. The Bertz CT molecular complexity index is 1150. The molecule has 2 amide bonds. The zero-order valence-electron chi connectivity index (χ0n) is 17.5. The molecule has 0 aliphatic carbocycles. The molecule has 1 aliphatic heterocycles. The van der Waals surface area contributed by atoms with Crippen molar-refractivity contribution < 1.29 is 9.59 Å². The SMILES string of the molecule is Cc1ccc(N2CC(C(=O)NCCn3nc(-c4ccccn4)n(C)c3=O)CC2=O)cc1. The maximum atomic E-state index is 12.6. The number of hydrogen-bond acceptors (Lipinski definition) is 5. The third-order valence-corrected chi connectivity index (χ3v) is 5.40. The Morgan fingerprint density at radius 3 is 2.65 bits per heavy atom. The zero-order chi connectivity index (χ0) is 22.0. The summed E-state index contributed by atoms with van der Waals surface area (Å²) in [6, 6.07) is 13.1. The molecule has 1 aromatic carbocycles. The van der Waals surface area contributed by atoms with E-state index >= 15 is 0 Å². The molecule has 1 aliphatic rings. The molecule has 31 heavy (non-hydrogen) atoms. The van der Waals surface area contributed by atoms with Gasteiger partial charge in [-0.15, -0.1) is 5.10 Å². The largest absolute Gasteiger partial charge is 0.354 e. The molecule has 9 nitrogen and oxygen atoms in total. The minimum Gasteiger partial charge on any atom is -0.354 e. The van der Waals surface area contributed by atoms with E-state index in [1.165, 1.54) is 9.25 Å². The van der Waals surface area contributed by atoms with Crippen LogP contribution in [0.25, 0.3) is 11.5 Å². The summed E-state index contributed by atoms with van der Waals surface area (Å²) in [7, 11) is 1.64. The van der Waals surface area contributed by atoms with Crippen molar-refractivity contribution in [3.05, 3.63) is 64.7 Å². The van der Waals surface area contributed by atoms with Gasteiger partial charge in [-0.25, -0.2) is 9.48 Å². The number of carbonyl (C=O) groups excluding carboxylic acids is 2. The van der Waals surface area contributed by atoms with E-state index in [1.54, 1.807) is 30.3 Å². The summed E-state index contributed by atoms with van der Waals surface area (Å²) in [5.41, 5.74) is 2.23. The Morgan fingerprint density at radius 1 is 1.16 bits per heavy atom. The fraction of sp³-hybridized carbons (Fsp3) is 0.318. The Labute approximate surface area is 179 Å². The second kappa shape index (κ2) is 8.55. The Hall–Kier alpha value is -3.75. The van der Waals surface area contributed by atoms with Crippen LogP contribution in [0, 0.1) is 12.8 Å². The highest BCUT2D eigenvalue weighted by Crippen LogP contribution is 2.25. The number of aryl methyl sites for hydroxylation is 1. The second-order valence-corrected chi connectivity index (χ2v) is 7.64. The van der Waals surface area contributed by atoms with Crippen LogP contribution in [0.5, 0.6) is 0 Å². The lowest BCUT2D eigenvalue weighted by Crippen LogP contribution is -2.36. The minimum atomic E-state index is -0.418. The van der Waals surface area contributed by atoms with Gasteiger partial charge in [-0.05, 0) is 31.2 Å². The lowest BCUT2D eigenvalue weighted by molar-refractivity contribution is -0.126. The van der Waals surface area contributed by atoms with Crippen molar-refractivity contribution in [3.63, 3.8) is 0 Å². The Balaban J connectivity index is 1.35. The van der Waals surface area contributed by atoms with Crippen LogP contribution in [0.2, 0.25) is 0 Å². The first-order valence-electron chi connectivity index (χ1n) is 10.1. The minimum absolute atomic E-state index is 0.0649. The van der Waals surface area contributed by atoms with Gasteiger partial charge < -0.3 is 10.2 Å². The third-order valence-electron chi connectivity index (χ3n) is 5.40. The number of aromatic nitrogens is 4. The molecule has 9 heteroatoms. The van der Waals surface area contributed by atoms with Gasteiger partial charge in [0.1, 0.15) is 5.69 Å². The molecule has 1 N–H and O–H groups in total. The highest BCUT2D eigenvalue weighted by Gasteiger charge is 2.34. The average molecular weight is 420 g/mol. The quantitative estimate of drug-likeness (QED) is 0.644. The lowest BCUT2D eigenvalue weighted by atomic mass is 10.1. The fourth-order valence-electron chi connectivity index (χ4n) is 3.64. The molecule has 0 spiro atoms. The summed E-state index contributed by atoms with van der Waals surface area (Å²) >= 11 is 0. The maximum absolute atomic E-state index is 12.6. The van der Waals surface area contributed by atoms with Crippen molar-refractivity contribution in [1.82, 2.24) is 24.6 Å². The van der Waals surface area contributed by atoms with Crippen molar-refractivity contribution in [2.75, 3.05) is 18.0 Å². The number of nitrogens with one attached hydrogen (secondary N) is 1. The predicted molar refractivity (Wildman–Crippen MR) is 115 cm³/mol. The Kier molecular flexibility index (Phi) is 5.66. The van der Waals surface area contributed by atoms with E-state index < -0.39 is 5.92 Å². The van der Waals surface area contributed by atoms with E-state index in [2.05, 4.69) is 15.4 Å². The van der Waals surface area contributed by atoms with Crippen LogP contribution in [-0.2, 0) is 23.2 Å². The van der Waals surface area contributed by atoms with Crippen molar-refractivity contribution >= 4 is 17.5 Å². The molecule has 3 heterocycles. The molecule has 160 valence electrons. The van der Waals surface area contributed by atoms with Crippen molar-refractivity contribution in [3.8, 4) is 11.5 Å². The number of pyridine rings is 1. The molecule has 4 rings (SSSR count). The van der Waals surface area contributed by atoms with Crippen molar-refractivity contribution in [1.29, 1.82) is 0 Å². The number of carbonyl (C=O) groups is 2. The average Bonchev–Trinajstić information content (AvgIpc) is 3.30. The normalized spacial score (nSPS) is 16.0. The van der Waals surface area contributed by atoms with Gasteiger partial charge in [0, 0.05) is 38.4 Å². The zero-order valence-corrected chi connectivity index (χ0v) is 17.5. The predicted octanol–water partition coefficient (Wildman–Crippen LogP) is 1.12. The van der Waals surface area contributed by atoms with Crippen LogP contribution in [0.3, 0.4) is 0 Å². The molecule has 1 unspecified atom stereocenters. The smallest absolute Gasteiger partial charge is 0.346 e. The van der Waals surface area contributed by atoms with Crippen LogP contribution in [0.15, 0.2) is 53.5 Å². The van der Waals surface area contributed by atoms with E-state index in [0.717, 1.165) is 11.3 Å². The number of benzene rings is 1. The van der Waals surface area contributed by atoms with Crippen molar-refractivity contribution in [2.24, 2.45) is 13.0 Å². The number of nitrogens with zero attached hydrogens (tertiary/aromatic N) is 5. The van der Waals surface area contributed by atoms with Gasteiger partial charge in [0.2, 0.25) is 11.8 Å². The first-order chi connectivity index (χ1) is 14.9. The number of anilines is 1. The van der Waals surface area contributed by atoms with Crippen LogP contribution >= 0.6 is 0 Å². The lowest BCUT2D eigenvalue weighted by Gasteiger charge is -2.17. The third kappa shape index (κ3) is 4.25. The van der Waals surface area contributed by atoms with Gasteiger partial charge in [-0.1, -0.05) is 23.8 Å². The first kappa shape index (κ1) is 20.5. The molecule has 0 bridgehead atoms. The van der Waals surface area contributed by atoms with E-state index in [1.807, 2.05) is 37.3 Å². The molecule has 0 saturated carbocycles. The molecule has 0 radical (unpaired) electrons. The molecule has 1 atom stereocenters. The molecular weight excluding hydrogens is 396 g/mol. The maximum Gasteiger partial charge on any atom is 0.346 e. The fourth-order valence-corrected chi connectivity index (χ4v) is 3.64. The van der Waals surface area contributed by atoms with Gasteiger partial charge >= 0.3 is 5.69 Å². The van der Waals surface area contributed by atoms with Gasteiger partial charge in [0.25, 0.3) is 0 Å². The van der Waals surface area contributed by atoms with Gasteiger partial charge in [-0.3, -0.25) is 19.1 Å². The highest BCUT2D eigenvalue weighted by atomic mass is 16.2. The summed E-state index contributed by atoms with van der Waals surface area (Å²) in [6.07, 6.45) is 1.81. The van der Waals surface area contributed by atoms with Crippen molar-refractivity contribution in [2.45, 2.75) is 19.9 Å². The van der Waals surface area contributed by atoms with Crippen LogP contribution in [0.4, 0.5) is 5.69 Å². The highest BCUT2D eigenvalue weighted by molar-refractivity contribution is 6.00. The van der Waals surface area contributed by atoms with E-state index in [9.17, 15) is 14.4 Å². The summed E-state index contributed by atoms with van der Waals surface area (Å²) < 4.78 is 2.74. The van der Waals surface area contributed by atoms with Crippen LogP contribution < -0.4 is 15.9 Å². The van der Waals surface area contributed by atoms with Crippen LogP contribution in [-0.4, -0.2) is 44.2 Å². The van der Waals surface area contributed by atoms with E-state index in [0.29, 0.717) is 18.1 Å². The van der Waals surface area contributed by atoms with Gasteiger partial charge in [-0.2, -0.15) is 0 Å². The van der Waals surface area contributed by atoms with E-state index in [-0.39, 0.29) is 37.0 Å². The van der Waals surface area contributed by atoms with Gasteiger partial charge in [0.15, 0.2) is 5.82 Å². The standard InChI is InChI=1S/C22H24N6O3/c1-15-6-8-17(9-7-15)27-14-16(13-19(27)29)21(30)24-11-12-28-22(31)26(2)20(25-28)18-5-3-4-10-23-18/h3-10,16H,11-14H2,1-2H3,(H,24,30). The summed E-state index contributed by atoms with van der Waals surface area (Å²) in [4.78, 5) is 43.3. The summed E-state index contributed by atoms with van der Waals surface area (Å²) in [5.74, 6) is -0.216. The number of amides is 2. The van der Waals surface area contributed by atoms with Gasteiger partial charge in [0.05, 0.1) is 12.5 Å². The number of hydrogen-bond donors (Lipinski definition) is 1. The topological polar surface area (TPSA) is 102 Å². The molecule has 1 fully saturated rings. The summed E-state index contributed by atoms with van der Waals surface area (Å²) in [5, 5.41) is 7.16. The molecule has 1 saturated heterocycles. The molecular formula is C22H24N6O3. The second-order valence-electron chi connectivity index (χ2n) is 7.64. The number of rotatable bonds is 6. The first-order valence-corrected chi connectivity index (χ1v) is 10.1. The van der Waals surface area contributed by atoms with Crippen LogP contribution in [0.1, 0.15) is 12.0 Å². The summed E-state index contributed by atoms with van der Waals surface area (Å²) in [6.45, 7) is 2.80. The molecule has 3 aromatic rings. The Morgan fingerprint density at radius 2 is 1.94 bits per heavy atom. The van der Waals surface area contributed by atoms with E-state index in [4.69, 9.17) is 0 Å².